The van der Waals surface area contributed by atoms with Crippen LogP contribution in [-0.4, -0.2) is 37.2 Å². The van der Waals surface area contributed by atoms with Gasteiger partial charge in [0, 0.05) is 6.42 Å². The summed E-state index contributed by atoms with van der Waals surface area (Å²) in [5, 5.41) is 0. The van der Waals surface area contributed by atoms with Gasteiger partial charge in [-0.2, -0.15) is 13.2 Å². The van der Waals surface area contributed by atoms with Crippen LogP contribution in [0, 0.1) is 0 Å². The lowest BCUT2D eigenvalue weighted by Gasteiger charge is -2.35. The molecule has 0 aromatic heterocycles. The Kier molecular flexibility index (Phi) is 12.3. The Bertz CT molecular complexity index is 1980. The SMILES string of the molecule is CCC(=O)NOC(c1ccccc1)(c1ccccc1)c1ccc(CCCCc2ccccc2OCC2(C(=Cc3ccccc3)C(F)(F)F)COC=N2)cc1. The molecule has 1 aliphatic rings. The highest BCUT2D eigenvalue weighted by Gasteiger charge is 2.51. The largest absolute Gasteiger partial charge is 0.490 e. The predicted molar refractivity (Wildman–Crippen MR) is 205 cm³/mol. The molecule has 0 spiro atoms. The van der Waals surface area contributed by atoms with Crippen LogP contribution in [0.4, 0.5) is 13.2 Å². The smallest absolute Gasteiger partial charge is 0.415 e. The Labute approximate surface area is 314 Å². The maximum atomic E-state index is 14.5. The first-order valence-corrected chi connectivity index (χ1v) is 18.1. The molecule has 6 nitrogen and oxygen atoms in total. The summed E-state index contributed by atoms with van der Waals surface area (Å²) in [4.78, 5) is 23.0. The first-order valence-electron chi connectivity index (χ1n) is 18.1. The van der Waals surface area contributed by atoms with Crippen LogP contribution >= 0.6 is 0 Å². The van der Waals surface area contributed by atoms with E-state index in [0.29, 0.717) is 17.7 Å². The summed E-state index contributed by atoms with van der Waals surface area (Å²) in [6.45, 7) is 1.18. The van der Waals surface area contributed by atoms with Crippen molar-refractivity contribution in [2.24, 2.45) is 4.99 Å². The Hall–Kier alpha value is -5.67. The molecule has 1 amide bonds. The average molecular weight is 733 g/mol. The van der Waals surface area contributed by atoms with Gasteiger partial charge in [0.2, 0.25) is 5.91 Å². The third-order valence-electron chi connectivity index (χ3n) is 9.57. The molecule has 0 saturated heterocycles. The van der Waals surface area contributed by atoms with E-state index >= 15 is 0 Å². The molecule has 278 valence electrons. The molecule has 0 radical (unpaired) electrons. The summed E-state index contributed by atoms with van der Waals surface area (Å²) >= 11 is 0. The molecule has 0 bridgehead atoms. The van der Waals surface area contributed by atoms with Crippen molar-refractivity contribution in [1.29, 1.82) is 0 Å². The predicted octanol–water partition coefficient (Wildman–Crippen LogP) is 9.82. The highest BCUT2D eigenvalue weighted by Crippen LogP contribution is 2.41. The number of para-hydroxylation sites is 1. The van der Waals surface area contributed by atoms with E-state index in [1.165, 1.54) is 0 Å². The first kappa shape index (κ1) is 38.1. The van der Waals surface area contributed by atoms with Crippen LogP contribution in [0.1, 0.15) is 59.6 Å². The molecule has 1 aliphatic heterocycles. The van der Waals surface area contributed by atoms with E-state index in [1.807, 2.05) is 91.0 Å². The number of rotatable bonds is 16. The molecule has 1 atom stereocenters. The zero-order chi connectivity index (χ0) is 37.9. The number of aliphatic imine (C=N–C) groups is 1. The third-order valence-corrected chi connectivity index (χ3v) is 9.57. The van der Waals surface area contributed by atoms with Gasteiger partial charge in [-0.15, -0.1) is 0 Å². The third kappa shape index (κ3) is 8.92. The Morgan fingerprint density at radius 2 is 1.35 bits per heavy atom. The number of alkyl halides is 3. The van der Waals surface area contributed by atoms with E-state index in [-0.39, 0.29) is 25.5 Å². The summed E-state index contributed by atoms with van der Waals surface area (Å²) in [6.07, 6.45) is 1.04. The maximum absolute atomic E-state index is 14.5. The number of carbonyl (C=O) groups is 1. The molecule has 0 saturated carbocycles. The molecule has 1 heterocycles. The van der Waals surface area contributed by atoms with Gasteiger partial charge in [0.15, 0.2) is 17.5 Å². The number of ether oxygens (including phenoxy) is 2. The number of benzene rings is 5. The Morgan fingerprint density at radius 1 is 0.778 bits per heavy atom. The lowest BCUT2D eigenvalue weighted by molar-refractivity contribution is -0.143. The second-order valence-electron chi connectivity index (χ2n) is 13.2. The van der Waals surface area contributed by atoms with Gasteiger partial charge in [-0.1, -0.05) is 140 Å². The van der Waals surface area contributed by atoms with Gasteiger partial charge >= 0.3 is 6.18 Å². The van der Waals surface area contributed by atoms with Crippen molar-refractivity contribution < 1.29 is 32.3 Å². The van der Waals surface area contributed by atoms with E-state index in [0.717, 1.165) is 59.6 Å². The van der Waals surface area contributed by atoms with Crippen molar-refractivity contribution in [3.63, 3.8) is 0 Å². The number of halogens is 3. The summed E-state index contributed by atoms with van der Waals surface area (Å²) in [5.41, 5.74) is 4.13. The van der Waals surface area contributed by atoms with Crippen LogP contribution < -0.4 is 10.2 Å². The van der Waals surface area contributed by atoms with E-state index in [4.69, 9.17) is 14.3 Å². The van der Waals surface area contributed by atoms with Crippen LogP contribution in [-0.2, 0) is 32.8 Å². The van der Waals surface area contributed by atoms with E-state index in [2.05, 4.69) is 22.6 Å². The number of hydroxylamine groups is 1. The van der Waals surface area contributed by atoms with Crippen LogP contribution in [0.15, 0.2) is 150 Å². The van der Waals surface area contributed by atoms with Gasteiger partial charge in [-0.25, -0.2) is 10.5 Å². The van der Waals surface area contributed by atoms with Gasteiger partial charge in [0.1, 0.15) is 19.0 Å². The highest BCUT2D eigenvalue weighted by atomic mass is 19.4. The van der Waals surface area contributed by atoms with Crippen LogP contribution in [0.25, 0.3) is 6.08 Å². The molecule has 0 fully saturated rings. The van der Waals surface area contributed by atoms with Crippen LogP contribution in [0.5, 0.6) is 5.75 Å². The Morgan fingerprint density at radius 3 is 1.94 bits per heavy atom. The van der Waals surface area contributed by atoms with Crippen molar-refractivity contribution in [2.75, 3.05) is 13.2 Å². The monoisotopic (exact) mass is 732 g/mol. The van der Waals surface area contributed by atoms with Crippen LogP contribution in [0.3, 0.4) is 0 Å². The van der Waals surface area contributed by atoms with Crippen LogP contribution in [0.2, 0.25) is 0 Å². The fourth-order valence-corrected chi connectivity index (χ4v) is 6.68. The maximum Gasteiger partial charge on any atom is 0.415 e. The number of amides is 1. The molecular formula is C45H43F3N2O4. The summed E-state index contributed by atoms with van der Waals surface area (Å²) in [5.74, 6) is 0.305. The normalized spacial score (nSPS) is 15.8. The quantitative estimate of drug-likeness (QED) is 0.0623. The molecular weight excluding hydrogens is 689 g/mol. The summed E-state index contributed by atoms with van der Waals surface area (Å²) in [7, 11) is 0. The van der Waals surface area contributed by atoms with Gasteiger partial charge in [-0.3, -0.25) is 9.63 Å². The van der Waals surface area contributed by atoms with Gasteiger partial charge in [0.05, 0.1) is 5.57 Å². The molecule has 9 heteroatoms. The molecule has 5 aromatic carbocycles. The summed E-state index contributed by atoms with van der Waals surface area (Å²) in [6, 6.07) is 43.8. The minimum atomic E-state index is -4.65. The van der Waals surface area contributed by atoms with E-state index in [1.54, 1.807) is 43.3 Å². The molecule has 1 N–H and O–H groups in total. The van der Waals surface area contributed by atoms with E-state index < -0.39 is 22.9 Å². The second-order valence-corrected chi connectivity index (χ2v) is 13.2. The number of nitrogens with zero attached hydrogens (tertiary/aromatic N) is 1. The molecule has 1 unspecified atom stereocenters. The minimum absolute atomic E-state index is 0.221. The molecule has 6 rings (SSSR count). The molecule has 54 heavy (non-hydrogen) atoms. The summed E-state index contributed by atoms with van der Waals surface area (Å²) < 4.78 is 54.9. The Balaban J connectivity index is 1.14. The number of hydrogen-bond donors (Lipinski definition) is 1. The number of nitrogens with one attached hydrogen (secondary N) is 1. The van der Waals surface area contributed by atoms with Crippen molar-refractivity contribution in [3.05, 3.63) is 178 Å². The van der Waals surface area contributed by atoms with Gasteiger partial charge in [-0.05, 0) is 71.2 Å². The zero-order valence-corrected chi connectivity index (χ0v) is 30.1. The fraction of sp³-hybridized carbons (Fsp3) is 0.244. The average Bonchev–Trinajstić information content (AvgIpc) is 3.69. The molecule has 5 aromatic rings. The number of aryl methyl sites for hydroxylation is 2. The zero-order valence-electron chi connectivity index (χ0n) is 30.1. The van der Waals surface area contributed by atoms with E-state index in [9.17, 15) is 18.0 Å². The van der Waals surface area contributed by atoms with Crippen molar-refractivity contribution in [1.82, 2.24) is 5.48 Å². The lowest BCUT2D eigenvalue weighted by Crippen LogP contribution is -2.43. The number of carbonyl (C=O) groups excluding carboxylic acids is 1. The standard InChI is InChI=1S/C45H43F3N2O4/c1-2-42(51)50-54-44(37-21-8-4-9-22-37,38-23-10-5-11-24-38)39-28-26-34(27-29-39)16-12-13-19-36-20-14-15-25-40(36)53-32-43(31-52-33-49-43)41(45(46,47)48)30-35-17-6-3-7-18-35/h3-11,14-15,17-18,20-30,33H,2,12-13,16,19,31-32H2,1H3,(H,50,51). The first-order chi connectivity index (χ1) is 26.2. The topological polar surface area (TPSA) is 69.2 Å². The lowest BCUT2D eigenvalue weighted by atomic mass is 9.80. The van der Waals surface area contributed by atoms with Crippen molar-refractivity contribution >= 4 is 18.4 Å². The highest BCUT2D eigenvalue weighted by molar-refractivity contribution is 5.74. The van der Waals surface area contributed by atoms with Gasteiger partial charge < -0.3 is 9.47 Å². The minimum Gasteiger partial charge on any atom is -0.490 e. The number of hydrogen-bond acceptors (Lipinski definition) is 5. The fourth-order valence-electron chi connectivity index (χ4n) is 6.68. The molecule has 0 aliphatic carbocycles. The van der Waals surface area contributed by atoms with Gasteiger partial charge in [0.25, 0.3) is 0 Å². The van der Waals surface area contributed by atoms with Crippen molar-refractivity contribution in [3.8, 4) is 5.75 Å². The number of unbranched alkanes of at least 4 members (excludes halogenated alkanes) is 1. The van der Waals surface area contributed by atoms with Crippen molar-refractivity contribution in [2.45, 2.75) is 56.3 Å². The second kappa shape index (κ2) is 17.4.